The number of hydrogen-bond donors (Lipinski definition) is 0. The molecule has 118 valence electrons. The minimum Gasteiger partial charge on any atom is -0.468 e. The predicted octanol–water partition coefficient (Wildman–Crippen LogP) is 1.99. The topological polar surface area (TPSA) is 69.7 Å². The van der Waals surface area contributed by atoms with Gasteiger partial charge in [-0.2, -0.15) is 0 Å². The van der Waals surface area contributed by atoms with Crippen LogP contribution in [0.4, 0.5) is 0 Å². The maximum absolute atomic E-state index is 12.2. The quantitative estimate of drug-likeness (QED) is 0.453. The van der Waals surface area contributed by atoms with Crippen molar-refractivity contribution in [2.24, 2.45) is 16.7 Å². The molecule has 1 spiro atoms. The normalized spacial score (nSPS) is 24.8. The highest BCUT2D eigenvalue weighted by molar-refractivity contribution is 6.01. The van der Waals surface area contributed by atoms with Crippen LogP contribution in [0, 0.1) is 16.7 Å². The Morgan fingerprint density at radius 1 is 1.18 bits per heavy atom. The lowest BCUT2D eigenvalue weighted by atomic mass is 9.57. The fraction of sp³-hybridized carbons (Fsp3) is 0.471. The van der Waals surface area contributed by atoms with Crippen LogP contribution < -0.4 is 0 Å². The van der Waals surface area contributed by atoms with Gasteiger partial charge in [0, 0.05) is 5.41 Å². The van der Waals surface area contributed by atoms with Crippen LogP contribution in [-0.4, -0.2) is 31.9 Å². The Hall–Kier alpha value is -2.17. The fourth-order valence-electron chi connectivity index (χ4n) is 3.43. The Morgan fingerprint density at radius 2 is 1.73 bits per heavy atom. The lowest BCUT2D eigenvalue weighted by molar-refractivity contribution is -0.174. The average Bonchev–Trinajstić information content (AvgIpc) is 2.56. The number of methoxy groups -OCH3 is 2. The first-order chi connectivity index (χ1) is 10.4. The third-order valence-corrected chi connectivity index (χ3v) is 4.80. The Morgan fingerprint density at radius 3 is 2.18 bits per heavy atom. The molecule has 5 heteroatoms. The van der Waals surface area contributed by atoms with Crippen LogP contribution in [0.3, 0.4) is 0 Å². The van der Waals surface area contributed by atoms with Crippen molar-refractivity contribution >= 4 is 17.7 Å². The molecule has 0 aliphatic heterocycles. The van der Waals surface area contributed by atoms with Gasteiger partial charge in [-0.1, -0.05) is 18.2 Å². The summed E-state index contributed by atoms with van der Waals surface area (Å²) in [5.74, 6) is -1.40. The first kappa shape index (κ1) is 16.2. The number of ether oxygens (including phenoxy) is 2. The molecule has 1 saturated carbocycles. The molecular formula is C17H20O5. The van der Waals surface area contributed by atoms with Crippen LogP contribution in [-0.2, 0) is 23.9 Å². The third-order valence-electron chi connectivity index (χ3n) is 4.80. The van der Waals surface area contributed by atoms with Crippen molar-refractivity contribution in [3.8, 4) is 0 Å². The summed E-state index contributed by atoms with van der Waals surface area (Å²) in [7, 11) is 2.53. The highest BCUT2D eigenvalue weighted by Crippen LogP contribution is 2.53. The monoisotopic (exact) mass is 304 g/mol. The molecule has 2 aliphatic rings. The number of carbonyl (C=O) groups is 3. The minimum absolute atomic E-state index is 0.0637. The Bertz CT molecular complexity index is 538. The van der Waals surface area contributed by atoms with Crippen LogP contribution in [0.2, 0.25) is 0 Å². The maximum Gasteiger partial charge on any atom is 0.323 e. The highest BCUT2D eigenvalue weighted by Gasteiger charge is 2.56. The molecule has 2 aliphatic carbocycles. The lowest BCUT2D eigenvalue weighted by Crippen LogP contribution is -2.49. The highest BCUT2D eigenvalue weighted by atomic mass is 16.5. The number of esters is 2. The van der Waals surface area contributed by atoms with E-state index in [1.54, 1.807) is 6.08 Å². The SMILES string of the molecule is C=CC1CC(C(=O)OC)(C(=O)OC)CCC12C=CC(=O)C=C2. The first-order valence-electron chi connectivity index (χ1n) is 7.16. The zero-order valence-electron chi connectivity index (χ0n) is 12.8. The van der Waals surface area contributed by atoms with Crippen molar-refractivity contribution < 1.29 is 23.9 Å². The summed E-state index contributed by atoms with van der Waals surface area (Å²) < 4.78 is 9.67. The summed E-state index contributed by atoms with van der Waals surface area (Å²) in [4.78, 5) is 35.8. The van der Waals surface area contributed by atoms with E-state index in [1.165, 1.54) is 26.4 Å². The van der Waals surface area contributed by atoms with Gasteiger partial charge >= 0.3 is 11.9 Å². The summed E-state index contributed by atoms with van der Waals surface area (Å²) in [6, 6.07) is 0. The number of hydrogen-bond acceptors (Lipinski definition) is 5. The van der Waals surface area contributed by atoms with Gasteiger partial charge in [0.1, 0.15) is 0 Å². The molecule has 0 bridgehead atoms. The van der Waals surface area contributed by atoms with E-state index in [2.05, 4.69) is 6.58 Å². The van der Waals surface area contributed by atoms with E-state index >= 15 is 0 Å². The third kappa shape index (κ3) is 2.40. The van der Waals surface area contributed by atoms with E-state index in [4.69, 9.17) is 9.47 Å². The van der Waals surface area contributed by atoms with Gasteiger partial charge in [-0.3, -0.25) is 14.4 Å². The van der Waals surface area contributed by atoms with E-state index < -0.39 is 17.4 Å². The molecule has 0 N–H and O–H groups in total. The minimum atomic E-state index is -1.31. The van der Waals surface area contributed by atoms with Crippen LogP contribution in [0.5, 0.6) is 0 Å². The Labute approximate surface area is 129 Å². The molecular weight excluding hydrogens is 284 g/mol. The van der Waals surface area contributed by atoms with Gasteiger partial charge in [-0.05, 0) is 37.3 Å². The molecule has 0 saturated heterocycles. The average molecular weight is 304 g/mol. The molecule has 0 aromatic heterocycles. The van der Waals surface area contributed by atoms with Crippen LogP contribution in [0.1, 0.15) is 19.3 Å². The molecule has 5 nitrogen and oxygen atoms in total. The van der Waals surface area contributed by atoms with E-state index in [0.29, 0.717) is 12.8 Å². The van der Waals surface area contributed by atoms with Crippen LogP contribution in [0.25, 0.3) is 0 Å². The van der Waals surface area contributed by atoms with Gasteiger partial charge < -0.3 is 9.47 Å². The second-order valence-electron chi connectivity index (χ2n) is 5.79. The van der Waals surface area contributed by atoms with Crippen molar-refractivity contribution in [2.75, 3.05) is 14.2 Å². The van der Waals surface area contributed by atoms with Crippen molar-refractivity contribution in [3.63, 3.8) is 0 Å². The first-order valence-corrected chi connectivity index (χ1v) is 7.16. The largest absolute Gasteiger partial charge is 0.468 e. The van der Waals surface area contributed by atoms with Crippen molar-refractivity contribution in [1.82, 2.24) is 0 Å². The van der Waals surface area contributed by atoms with Gasteiger partial charge in [0.05, 0.1) is 14.2 Å². The Kier molecular flexibility index (Phi) is 4.35. The lowest BCUT2D eigenvalue weighted by Gasteiger charge is -2.46. The molecule has 0 aromatic carbocycles. The molecule has 1 fully saturated rings. The smallest absolute Gasteiger partial charge is 0.323 e. The predicted molar refractivity (Wildman–Crippen MR) is 79.7 cm³/mol. The summed E-state index contributed by atoms with van der Waals surface area (Å²) in [5, 5.41) is 0. The number of rotatable bonds is 3. The number of carbonyl (C=O) groups excluding carboxylic acids is 3. The van der Waals surface area contributed by atoms with Crippen LogP contribution >= 0.6 is 0 Å². The second-order valence-corrected chi connectivity index (χ2v) is 5.79. The van der Waals surface area contributed by atoms with Gasteiger partial charge in [0.2, 0.25) is 0 Å². The molecule has 1 atom stereocenters. The standard InChI is InChI=1S/C17H20O5/c1-4-12-11-17(14(19)21-2,15(20)22-3)10-9-16(12)7-5-13(18)6-8-16/h4-8,12H,1,9-11H2,2-3H3. The molecule has 2 rings (SSSR count). The van der Waals surface area contributed by atoms with E-state index in [0.717, 1.165) is 0 Å². The molecule has 0 amide bonds. The Balaban J connectivity index is 2.39. The number of ketones is 1. The van der Waals surface area contributed by atoms with Crippen LogP contribution in [0.15, 0.2) is 37.0 Å². The second kappa shape index (κ2) is 5.91. The fourth-order valence-corrected chi connectivity index (χ4v) is 3.43. The summed E-state index contributed by atoms with van der Waals surface area (Å²) in [6.45, 7) is 3.83. The van der Waals surface area contributed by atoms with Crippen molar-refractivity contribution in [2.45, 2.75) is 19.3 Å². The summed E-state index contributed by atoms with van der Waals surface area (Å²) >= 11 is 0. The number of allylic oxidation sites excluding steroid dienone is 5. The van der Waals surface area contributed by atoms with Gasteiger partial charge in [-0.25, -0.2) is 0 Å². The summed E-state index contributed by atoms with van der Waals surface area (Å²) in [6.07, 6.45) is 9.57. The van der Waals surface area contributed by atoms with Gasteiger partial charge in [0.15, 0.2) is 11.2 Å². The molecule has 0 aromatic rings. The molecule has 22 heavy (non-hydrogen) atoms. The summed E-state index contributed by atoms with van der Waals surface area (Å²) in [5.41, 5.74) is -1.70. The molecule has 0 radical (unpaired) electrons. The zero-order chi connectivity index (χ0) is 16.4. The zero-order valence-corrected chi connectivity index (χ0v) is 12.8. The van der Waals surface area contributed by atoms with E-state index in [9.17, 15) is 14.4 Å². The molecule has 0 heterocycles. The maximum atomic E-state index is 12.2. The van der Waals surface area contributed by atoms with Gasteiger partial charge in [-0.15, -0.1) is 6.58 Å². The van der Waals surface area contributed by atoms with E-state index in [-0.39, 0.29) is 23.5 Å². The van der Waals surface area contributed by atoms with E-state index in [1.807, 2.05) is 12.2 Å². The van der Waals surface area contributed by atoms with Gasteiger partial charge in [0.25, 0.3) is 0 Å². The molecule has 1 unspecified atom stereocenters. The van der Waals surface area contributed by atoms with Crippen molar-refractivity contribution in [3.05, 3.63) is 37.0 Å². The van der Waals surface area contributed by atoms with Crippen molar-refractivity contribution in [1.29, 1.82) is 0 Å².